The lowest BCUT2D eigenvalue weighted by molar-refractivity contribution is 0.0929. The van der Waals surface area contributed by atoms with Gasteiger partial charge in [0.1, 0.15) is 57.7 Å². The number of benzene rings is 4. The lowest BCUT2D eigenvalue weighted by Crippen LogP contribution is -2.44. The lowest BCUT2D eigenvalue weighted by Gasteiger charge is -2.35. The summed E-state index contributed by atoms with van der Waals surface area (Å²) in [4.78, 5) is 80.1. The van der Waals surface area contributed by atoms with E-state index in [1.165, 1.54) is 55.3 Å². The van der Waals surface area contributed by atoms with E-state index in [2.05, 4.69) is 10.6 Å². The van der Waals surface area contributed by atoms with Gasteiger partial charge < -0.3 is 39.8 Å². The minimum Gasteiger partial charge on any atom is -0.503 e. The SMILES string of the molecule is O=C(NCc1c(F)cc(F)cc1F)c1cn2c(c(O)c1=O)C(=O)N1CC2CCc2cc(F)ccc21.O=C(NCc1c(F)cc(F)cc1F)c1cn2c(c(O)c1=O)C(=O)N1CC2CCc2cc(F)ccc21. The number of carbonyl (C=O) groups is 4. The van der Waals surface area contributed by atoms with Crippen molar-refractivity contribution in [3.05, 3.63) is 185 Å². The molecule has 22 heteroatoms. The zero-order valence-electron chi connectivity index (χ0n) is 35.9. The molecule has 70 heavy (non-hydrogen) atoms. The van der Waals surface area contributed by atoms with Crippen molar-refractivity contribution in [1.29, 1.82) is 0 Å². The first-order valence-corrected chi connectivity index (χ1v) is 21.3. The number of aryl methyl sites for hydroxylation is 2. The number of fused-ring (bicyclic) bond motifs is 12. The topological polar surface area (TPSA) is 183 Å². The summed E-state index contributed by atoms with van der Waals surface area (Å²) in [6, 6.07) is 8.95. The molecule has 0 saturated carbocycles. The molecule has 4 aliphatic heterocycles. The van der Waals surface area contributed by atoms with Crippen LogP contribution in [-0.2, 0) is 25.9 Å². The number of anilines is 2. The molecule has 360 valence electrons. The average Bonchev–Trinajstić information content (AvgIpc) is 3.58. The Balaban J connectivity index is 0.000000174. The van der Waals surface area contributed by atoms with Crippen LogP contribution in [0.3, 0.4) is 0 Å². The fourth-order valence-electron chi connectivity index (χ4n) is 9.15. The highest BCUT2D eigenvalue weighted by Crippen LogP contribution is 2.39. The van der Waals surface area contributed by atoms with Gasteiger partial charge in [-0.15, -0.1) is 0 Å². The maximum Gasteiger partial charge on any atom is 0.279 e. The summed E-state index contributed by atoms with van der Waals surface area (Å²) in [5.74, 6) is -13.4. The summed E-state index contributed by atoms with van der Waals surface area (Å²) in [6.45, 7) is -1.04. The van der Waals surface area contributed by atoms with Gasteiger partial charge in [-0.25, -0.2) is 35.1 Å². The number of pyridine rings is 2. The Labute approximate surface area is 388 Å². The van der Waals surface area contributed by atoms with Gasteiger partial charge in [-0.2, -0.15) is 0 Å². The van der Waals surface area contributed by atoms with Crippen molar-refractivity contribution < 1.29 is 64.5 Å². The molecule has 4 amide bonds. The van der Waals surface area contributed by atoms with Crippen molar-refractivity contribution in [2.45, 2.75) is 50.9 Å². The lowest BCUT2D eigenvalue weighted by atomic mass is 10.0. The van der Waals surface area contributed by atoms with Gasteiger partial charge in [-0.05, 0) is 73.2 Å². The summed E-state index contributed by atoms with van der Waals surface area (Å²) in [6.07, 6.45) is 3.89. The molecule has 10 rings (SSSR count). The van der Waals surface area contributed by atoms with Crippen molar-refractivity contribution in [2.24, 2.45) is 0 Å². The van der Waals surface area contributed by atoms with E-state index < -0.39 is 140 Å². The van der Waals surface area contributed by atoms with E-state index in [0.717, 1.165) is 12.4 Å². The molecule has 4 aromatic carbocycles. The van der Waals surface area contributed by atoms with Crippen LogP contribution in [0.4, 0.5) is 46.5 Å². The molecule has 0 saturated heterocycles. The van der Waals surface area contributed by atoms with Gasteiger partial charge in [0.15, 0.2) is 22.9 Å². The molecule has 0 aliphatic carbocycles. The van der Waals surface area contributed by atoms with Crippen LogP contribution in [0.25, 0.3) is 0 Å². The predicted molar refractivity (Wildman–Crippen MR) is 231 cm³/mol. The molecule has 0 spiro atoms. The summed E-state index contributed by atoms with van der Waals surface area (Å²) in [5, 5.41) is 25.6. The first kappa shape index (κ1) is 46.8. The molecule has 4 bridgehead atoms. The number of aromatic hydroxyl groups is 2. The van der Waals surface area contributed by atoms with Crippen LogP contribution >= 0.6 is 0 Å². The van der Waals surface area contributed by atoms with Crippen LogP contribution in [0.1, 0.15) is 88.9 Å². The molecule has 0 radical (unpaired) electrons. The van der Waals surface area contributed by atoms with Gasteiger partial charge in [0, 0.05) is 85.3 Å². The molecule has 2 unspecified atom stereocenters. The number of halogens is 8. The summed E-state index contributed by atoms with van der Waals surface area (Å²) >= 11 is 0. The second-order valence-corrected chi connectivity index (χ2v) is 16.8. The van der Waals surface area contributed by atoms with Crippen LogP contribution in [-0.4, -0.2) is 56.1 Å². The first-order chi connectivity index (χ1) is 33.3. The van der Waals surface area contributed by atoms with Crippen LogP contribution in [0.5, 0.6) is 11.5 Å². The Bertz CT molecular complexity index is 3110. The average molecular weight is 975 g/mol. The molecule has 4 aliphatic rings. The normalized spacial score (nSPS) is 16.4. The molecule has 14 nitrogen and oxygen atoms in total. The van der Waals surface area contributed by atoms with Crippen molar-refractivity contribution in [3.63, 3.8) is 0 Å². The number of hydrogen-bond donors (Lipinski definition) is 4. The number of amides is 4. The Morgan fingerprint density at radius 2 is 0.886 bits per heavy atom. The highest BCUT2D eigenvalue weighted by Gasteiger charge is 2.40. The molecular weight excluding hydrogens is 941 g/mol. The van der Waals surface area contributed by atoms with Crippen molar-refractivity contribution in [3.8, 4) is 11.5 Å². The van der Waals surface area contributed by atoms with E-state index in [-0.39, 0.29) is 24.5 Å². The Morgan fingerprint density at radius 1 is 0.529 bits per heavy atom. The summed E-state index contributed by atoms with van der Waals surface area (Å²) in [7, 11) is 0. The fraction of sp³-hybridized carbons (Fsp3) is 0.208. The number of hydrogen-bond acceptors (Lipinski definition) is 8. The third kappa shape index (κ3) is 8.27. The van der Waals surface area contributed by atoms with Crippen LogP contribution < -0.4 is 31.3 Å². The molecule has 2 aromatic heterocycles. The number of aromatic nitrogens is 2. The van der Waals surface area contributed by atoms with Gasteiger partial charge in [0.25, 0.3) is 23.6 Å². The van der Waals surface area contributed by atoms with E-state index in [4.69, 9.17) is 0 Å². The molecule has 4 N–H and O–H groups in total. The molecule has 6 aromatic rings. The van der Waals surface area contributed by atoms with Crippen molar-refractivity contribution in [2.75, 3.05) is 22.9 Å². The first-order valence-electron chi connectivity index (χ1n) is 21.3. The monoisotopic (exact) mass is 974 g/mol. The number of nitrogens with one attached hydrogen (secondary N) is 2. The molecular formula is C48H34F8N6O8. The number of nitrogens with zero attached hydrogens (tertiary/aromatic N) is 4. The van der Waals surface area contributed by atoms with Crippen molar-refractivity contribution >= 4 is 35.0 Å². The van der Waals surface area contributed by atoms with Crippen molar-refractivity contribution in [1.82, 2.24) is 19.8 Å². The summed E-state index contributed by atoms with van der Waals surface area (Å²) < 4.78 is 112. The minimum absolute atomic E-state index is 0.167. The second-order valence-electron chi connectivity index (χ2n) is 16.8. The molecule has 6 heterocycles. The van der Waals surface area contributed by atoms with Crippen LogP contribution in [0.2, 0.25) is 0 Å². The predicted octanol–water partition coefficient (Wildman–Crippen LogP) is 6.38. The quantitative estimate of drug-likeness (QED) is 0.139. The van der Waals surface area contributed by atoms with E-state index >= 15 is 0 Å². The second kappa shape index (κ2) is 18.0. The summed E-state index contributed by atoms with van der Waals surface area (Å²) in [5.41, 5.74) is -3.05. The third-order valence-corrected chi connectivity index (χ3v) is 12.6. The van der Waals surface area contributed by atoms with E-state index in [1.807, 2.05) is 0 Å². The van der Waals surface area contributed by atoms with Gasteiger partial charge in [0.05, 0.1) is 12.1 Å². The Hall–Kier alpha value is -8.30. The van der Waals surface area contributed by atoms with Gasteiger partial charge in [-0.1, -0.05) is 0 Å². The molecule has 0 fully saturated rings. The maximum absolute atomic E-state index is 13.9. The van der Waals surface area contributed by atoms with Gasteiger partial charge >= 0.3 is 0 Å². The zero-order chi connectivity index (χ0) is 50.0. The number of rotatable bonds is 6. The Morgan fingerprint density at radius 3 is 1.24 bits per heavy atom. The number of carbonyl (C=O) groups excluding carboxylic acids is 4. The fourth-order valence-corrected chi connectivity index (χ4v) is 9.15. The maximum atomic E-state index is 13.9. The highest BCUT2D eigenvalue weighted by atomic mass is 19.2. The van der Waals surface area contributed by atoms with E-state index in [9.17, 15) is 74.1 Å². The Kier molecular flexibility index (Phi) is 12.0. The largest absolute Gasteiger partial charge is 0.503 e. The standard InChI is InChI=1S/2C24H17F4N3O4/c2*25-12-2-4-19-11(5-12)1-3-14-9-31(19)24(35)20-22(33)21(32)16(10-30(14)20)23(34)29-8-15-17(27)6-13(26)7-18(15)28/h2*2,4-7,10,14,33H,1,3,8-9H2,(H,29,34). The zero-order valence-corrected chi connectivity index (χ0v) is 35.9. The van der Waals surface area contributed by atoms with Gasteiger partial charge in [-0.3, -0.25) is 28.8 Å². The van der Waals surface area contributed by atoms with E-state index in [1.54, 1.807) is 0 Å². The third-order valence-electron chi connectivity index (χ3n) is 12.6. The van der Waals surface area contributed by atoms with Crippen LogP contribution in [0.15, 0.2) is 82.6 Å². The smallest absolute Gasteiger partial charge is 0.279 e. The minimum atomic E-state index is -1.21. The highest BCUT2D eigenvalue weighted by molar-refractivity contribution is 6.09. The van der Waals surface area contributed by atoms with Crippen LogP contribution in [0, 0.1) is 46.5 Å². The van der Waals surface area contributed by atoms with Gasteiger partial charge in [0.2, 0.25) is 10.9 Å². The van der Waals surface area contributed by atoms with E-state index in [0.29, 0.717) is 72.5 Å². The molecule has 2 atom stereocenters.